The largest absolute Gasteiger partial charge is 0.420 e. The smallest absolute Gasteiger partial charge is 0.408 e. The van der Waals surface area contributed by atoms with Crippen molar-refractivity contribution < 1.29 is 9.21 Å². The molecule has 0 unspecified atom stereocenters. The summed E-state index contributed by atoms with van der Waals surface area (Å²) >= 11 is 0. The first-order chi connectivity index (χ1) is 10.2. The molecule has 1 aromatic heterocycles. The number of carbonyl (C=O) groups is 1. The van der Waals surface area contributed by atoms with Gasteiger partial charge in [-0.15, -0.1) is 0 Å². The summed E-state index contributed by atoms with van der Waals surface area (Å²) in [5.74, 6) is -0.804. The van der Waals surface area contributed by atoms with Gasteiger partial charge in [-0.2, -0.15) is 0 Å². The first kappa shape index (κ1) is 13.2. The van der Waals surface area contributed by atoms with Crippen LogP contribution >= 0.6 is 0 Å². The van der Waals surface area contributed by atoms with Crippen LogP contribution in [-0.2, 0) is 4.79 Å². The fourth-order valence-corrected chi connectivity index (χ4v) is 2.24. The minimum absolute atomic E-state index is 0.269. The Hall–Kier alpha value is -2.82. The molecule has 1 atom stereocenters. The van der Waals surface area contributed by atoms with E-state index in [1.54, 1.807) is 43.3 Å². The number of aromatic nitrogens is 1. The monoisotopic (exact) mass is 282 g/mol. The predicted octanol–water partition coefficient (Wildman–Crippen LogP) is 2.79. The van der Waals surface area contributed by atoms with Gasteiger partial charge in [0.15, 0.2) is 5.58 Å². The first-order valence-corrected chi connectivity index (χ1v) is 6.63. The molecule has 1 amide bonds. The Morgan fingerprint density at radius 1 is 1.10 bits per heavy atom. The van der Waals surface area contributed by atoms with Crippen LogP contribution in [0.2, 0.25) is 0 Å². The van der Waals surface area contributed by atoms with Crippen LogP contribution in [-0.4, -0.2) is 10.5 Å². The van der Waals surface area contributed by atoms with Gasteiger partial charge in [-0.3, -0.25) is 9.36 Å². The Bertz CT molecular complexity index is 833. The second kappa shape index (κ2) is 5.28. The van der Waals surface area contributed by atoms with Crippen molar-refractivity contribution in [1.82, 2.24) is 4.57 Å². The third-order valence-electron chi connectivity index (χ3n) is 3.33. The van der Waals surface area contributed by atoms with Crippen LogP contribution in [0.1, 0.15) is 13.0 Å². The molecule has 0 aliphatic rings. The molecule has 2 aromatic carbocycles. The Balaban J connectivity index is 1.93. The topological polar surface area (TPSA) is 64.2 Å². The molecule has 3 aromatic rings. The van der Waals surface area contributed by atoms with Crippen molar-refractivity contribution in [2.45, 2.75) is 13.0 Å². The molecule has 0 saturated carbocycles. The molecule has 0 fully saturated rings. The van der Waals surface area contributed by atoms with Crippen molar-refractivity contribution in [3.8, 4) is 0 Å². The maximum Gasteiger partial charge on any atom is 0.420 e. The van der Waals surface area contributed by atoms with E-state index in [-0.39, 0.29) is 5.91 Å². The van der Waals surface area contributed by atoms with Gasteiger partial charge >= 0.3 is 5.76 Å². The van der Waals surface area contributed by atoms with E-state index in [1.165, 1.54) is 4.57 Å². The van der Waals surface area contributed by atoms with Gasteiger partial charge in [-0.25, -0.2) is 4.79 Å². The molecule has 0 aliphatic carbocycles. The Morgan fingerprint density at radius 3 is 2.52 bits per heavy atom. The first-order valence-electron chi connectivity index (χ1n) is 6.63. The molecule has 0 radical (unpaired) electrons. The van der Waals surface area contributed by atoms with Gasteiger partial charge in [-0.05, 0) is 31.2 Å². The van der Waals surface area contributed by atoms with Gasteiger partial charge in [0.2, 0.25) is 5.91 Å². The molecular weight excluding hydrogens is 268 g/mol. The van der Waals surface area contributed by atoms with Crippen LogP contribution in [0.25, 0.3) is 11.1 Å². The number of para-hydroxylation sites is 3. The van der Waals surface area contributed by atoms with Gasteiger partial charge in [0, 0.05) is 5.69 Å². The molecule has 21 heavy (non-hydrogen) atoms. The number of amides is 1. The molecule has 5 nitrogen and oxygen atoms in total. The number of hydrogen-bond acceptors (Lipinski definition) is 3. The summed E-state index contributed by atoms with van der Waals surface area (Å²) in [6.45, 7) is 1.67. The van der Waals surface area contributed by atoms with Crippen LogP contribution in [0.4, 0.5) is 5.69 Å². The fourth-order valence-electron chi connectivity index (χ4n) is 2.24. The SMILES string of the molecule is C[C@@H](C(=O)Nc1ccccc1)n1c(=O)oc2ccccc21. The summed E-state index contributed by atoms with van der Waals surface area (Å²) in [5.41, 5.74) is 1.77. The van der Waals surface area contributed by atoms with Crippen molar-refractivity contribution in [3.05, 3.63) is 65.1 Å². The summed E-state index contributed by atoms with van der Waals surface area (Å²) in [5, 5.41) is 2.78. The molecule has 0 aliphatic heterocycles. The summed E-state index contributed by atoms with van der Waals surface area (Å²) in [7, 11) is 0. The third-order valence-corrected chi connectivity index (χ3v) is 3.33. The van der Waals surface area contributed by atoms with Crippen molar-refractivity contribution in [2.24, 2.45) is 0 Å². The molecule has 3 rings (SSSR count). The quantitative estimate of drug-likeness (QED) is 0.803. The van der Waals surface area contributed by atoms with Crippen molar-refractivity contribution in [1.29, 1.82) is 0 Å². The second-order valence-corrected chi connectivity index (χ2v) is 4.74. The number of hydrogen-bond donors (Lipinski definition) is 1. The number of carbonyl (C=O) groups excluding carboxylic acids is 1. The van der Waals surface area contributed by atoms with Crippen molar-refractivity contribution in [3.63, 3.8) is 0 Å². The average molecular weight is 282 g/mol. The highest BCUT2D eigenvalue weighted by atomic mass is 16.4. The fraction of sp³-hybridized carbons (Fsp3) is 0.125. The number of oxazole rings is 1. The highest BCUT2D eigenvalue weighted by molar-refractivity contribution is 5.94. The highest BCUT2D eigenvalue weighted by Crippen LogP contribution is 2.18. The number of rotatable bonds is 3. The Labute approximate surface area is 120 Å². The molecule has 1 heterocycles. The number of nitrogens with zero attached hydrogens (tertiary/aromatic N) is 1. The van der Waals surface area contributed by atoms with E-state index in [9.17, 15) is 9.59 Å². The van der Waals surface area contributed by atoms with Crippen LogP contribution < -0.4 is 11.1 Å². The molecular formula is C16H14N2O3. The van der Waals surface area contributed by atoms with Gasteiger partial charge in [0.1, 0.15) is 6.04 Å². The van der Waals surface area contributed by atoms with Crippen LogP contribution in [0, 0.1) is 0 Å². The van der Waals surface area contributed by atoms with E-state index in [0.717, 1.165) is 0 Å². The zero-order valence-corrected chi connectivity index (χ0v) is 11.4. The van der Waals surface area contributed by atoms with Gasteiger partial charge in [0.05, 0.1) is 5.52 Å². The molecule has 106 valence electrons. The minimum atomic E-state index is -0.665. The summed E-state index contributed by atoms with van der Waals surface area (Å²) < 4.78 is 6.50. The van der Waals surface area contributed by atoms with Crippen LogP contribution in [0.5, 0.6) is 0 Å². The Morgan fingerprint density at radius 2 is 1.76 bits per heavy atom. The lowest BCUT2D eigenvalue weighted by atomic mass is 10.2. The number of benzene rings is 2. The molecule has 0 bridgehead atoms. The summed E-state index contributed by atoms with van der Waals surface area (Å²) in [6.07, 6.45) is 0. The zero-order valence-electron chi connectivity index (χ0n) is 11.4. The standard InChI is InChI=1S/C16H14N2O3/c1-11(15(19)17-12-7-3-2-4-8-12)18-13-9-5-6-10-14(13)21-16(18)20/h2-11H,1H3,(H,17,19)/t11-/m0/s1. The number of nitrogens with one attached hydrogen (secondary N) is 1. The van der Waals surface area contributed by atoms with Crippen LogP contribution in [0.15, 0.2) is 63.8 Å². The molecule has 1 N–H and O–H groups in total. The molecule has 0 spiro atoms. The molecule has 5 heteroatoms. The van der Waals surface area contributed by atoms with Crippen molar-refractivity contribution >= 4 is 22.7 Å². The van der Waals surface area contributed by atoms with Crippen LogP contribution in [0.3, 0.4) is 0 Å². The number of anilines is 1. The second-order valence-electron chi connectivity index (χ2n) is 4.74. The summed E-state index contributed by atoms with van der Waals surface area (Å²) in [6, 6.07) is 15.5. The van der Waals surface area contributed by atoms with E-state index in [1.807, 2.05) is 18.2 Å². The van der Waals surface area contributed by atoms with Crippen molar-refractivity contribution in [2.75, 3.05) is 5.32 Å². The van der Waals surface area contributed by atoms with E-state index >= 15 is 0 Å². The van der Waals surface area contributed by atoms with E-state index < -0.39 is 11.8 Å². The minimum Gasteiger partial charge on any atom is -0.408 e. The maximum absolute atomic E-state index is 12.3. The maximum atomic E-state index is 12.3. The average Bonchev–Trinajstić information content (AvgIpc) is 2.83. The lowest BCUT2D eigenvalue weighted by molar-refractivity contribution is -0.118. The van der Waals surface area contributed by atoms with Gasteiger partial charge in [0.25, 0.3) is 0 Å². The lowest BCUT2D eigenvalue weighted by Crippen LogP contribution is -2.29. The van der Waals surface area contributed by atoms with E-state index in [2.05, 4.69) is 5.32 Å². The van der Waals surface area contributed by atoms with Gasteiger partial charge in [-0.1, -0.05) is 30.3 Å². The van der Waals surface area contributed by atoms with E-state index in [4.69, 9.17) is 4.42 Å². The van der Waals surface area contributed by atoms with Gasteiger partial charge < -0.3 is 9.73 Å². The third kappa shape index (κ3) is 2.45. The molecule has 0 saturated heterocycles. The zero-order chi connectivity index (χ0) is 14.8. The predicted molar refractivity (Wildman–Crippen MR) is 80.3 cm³/mol. The Kier molecular flexibility index (Phi) is 3.31. The normalized spacial score (nSPS) is 12.2. The highest BCUT2D eigenvalue weighted by Gasteiger charge is 2.21. The lowest BCUT2D eigenvalue weighted by Gasteiger charge is -2.13. The number of fused-ring (bicyclic) bond motifs is 1. The van der Waals surface area contributed by atoms with E-state index in [0.29, 0.717) is 16.8 Å². The summed E-state index contributed by atoms with van der Waals surface area (Å²) in [4.78, 5) is 24.2.